The van der Waals surface area contributed by atoms with Crippen LogP contribution in [0, 0.1) is 0 Å². The van der Waals surface area contributed by atoms with E-state index in [4.69, 9.17) is 4.98 Å². The monoisotopic (exact) mass is 458 g/mol. The number of aromatic nitrogens is 2. The van der Waals surface area contributed by atoms with Gasteiger partial charge in [0.25, 0.3) is 0 Å². The van der Waals surface area contributed by atoms with E-state index < -0.39 is 15.1 Å². The molecule has 2 aliphatic rings. The van der Waals surface area contributed by atoms with Crippen molar-refractivity contribution in [2.75, 3.05) is 29.6 Å². The fourth-order valence-electron chi connectivity index (χ4n) is 4.36. The number of nitrogens with zero attached hydrogens (tertiary/aromatic N) is 3. The lowest BCUT2D eigenvalue weighted by Gasteiger charge is -2.28. The highest BCUT2D eigenvalue weighted by atomic mass is 32.2. The van der Waals surface area contributed by atoms with Gasteiger partial charge in [-0.1, -0.05) is 18.3 Å². The molecule has 0 spiro atoms. The smallest absolute Gasteiger partial charge is 0.249 e. The van der Waals surface area contributed by atoms with Gasteiger partial charge in [-0.05, 0) is 62.1 Å². The van der Waals surface area contributed by atoms with Gasteiger partial charge in [-0.25, -0.2) is 13.8 Å². The number of pyridine rings is 2. The van der Waals surface area contributed by atoms with Crippen LogP contribution in [0.15, 0.2) is 36.0 Å². The fourth-order valence-corrected chi connectivity index (χ4v) is 5.09. The van der Waals surface area contributed by atoms with E-state index >= 15 is 0 Å². The SMILES string of the molecule is C=C(Nc1ccnc(S(=C)(=C)C)c1)c1cc2c(nc1N1CCCC(F)(F)CC1)CCCC2. The number of halogens is 2. The Morgan fingerprint density at radius 2 is 1.91 bits per heavy atom. The Balaban J connectivity index is 1.68. The third kappa shape index (κ3) is 5.14. The fraction of sp³-hybridized carbons (Fsp3) is 0.440. The first-order chi connectivity index (χ1) is 15.1. The highest BCUT2D eigenvalue weighted by molar-refractivity contribution is 8.27. The first-order valence-corrected chi connectivity index (χ1v) is 13.5. The molecule has 0 amide bonds. The maximum Gasteiger partial charge on any atom is 0.249 e. The van der Waals surface area contributed by atoms with Crippen molar-refractivity contribution in [2.45, 2.75) is 55.9 Å². The van der Waals surface area contributed by atoms with Crippen molar-refractivity contribution >= 4 is 38.1 Å². The molecule has 0 atom stereocenters. The molecular formula is C25H32F2N4S. The minimum absolute atomic E-state index is 0.0695. The summed E-state index contributed by atoms with van der Waals surface area (Å²) in [5, 5.41) is 4.25. The summed E-state index contributed by atoms with van der Waals surface area (Å²) in [6.45, 7) is 5.17. The van der Waals surface area contributed by atoms with Crippen LogP contribution < -0.4 is 10.2 Å². The van der Waals surface area contributed by atoms with E-state index in [-0.39, 0.29) is 12.8 Å². The number of alkyl halides is 2. The van der Waals surface area contributed by atoms with Crippen molar-refractivity contribution in [3.63, 3.8) is 0 Å². The minimum atomic E-state index is -2.61. The lowest BCUT2D eigenvalue weighted by molar-refractivity contribution is -0.0102. The summed E-state index contributed by atoms with van der Waals surface area (Å²) in [6, 6.07) is 6.01. The molecule has 2 aromatic rings. The second-order valence-corrected chi connectivity index (χ2v) is 12.1. The van der Waals surface area contributed by atoms with Crippen molar-refractivity contribution in [3.8, 4) is 0 Å². The van der Waals surface area contributed by atoms with E-state index in [9.17, 15) is 8.78 Å². The van der Waals surface area contributed by atoms with Crippen LogP contribution in [0.2, 0.25) is 0 Å². The van der Waals surface area contributed by atoms with Crippen molar-refractivity contribution in [2.24, 2.45) is 0 Å². The average molecular weight is 459 g/mol. The Morgan fingerprint density at radius 3 is 2.69 bits per heavy atom. The van der Waals surface area contributed by atoms with E-state index in [0.717, 1.165) is 53.5 Å². The number of anilines is 2. The van der Waals surface area contributed by atoms with Gasteiger partial charge in [-0.3, -0.25) is 4.98 Å². The maximum atomic E-state index is 14.0. The summed E-state index contributed by atoms with van der Waals surface area (Å²) in [4.78, 5) is 11.4. The molecule has 3 heterocycles. The molecule has 0 bridgehead atoms. The molecule has 0 unspecified atom stereocenters. The van der Waals surface area contributed by atoms with Gasteiger partial charge in [0.2, 0.25) is 5.92 Å². The number of hydrogen-bond acceptors (Lipinski definition) is 4. The summed E-state index contributed by atoms with van der Waals surface area (Å²) in [5.74, 6) is 6.45. The van der Waals surface area contributed by atoms with Crippen LogP contribution >= 0.6 is 9.21 Å². The zero-order chi connectivity index (χ0) is 22.9. The quantitative estimate of drug-likeness (QED) is 0.582. The van der Waals surface area contributed by atoms with Gasteiger partial charge < -0.3 is 10.2 Å². The van der Waals surface area contributed by atoms with Crippen LogP contribution in [-0.2, 0) is 12.8 Å². The van der Waals surface area contributed by atoms with E-state index in [1.165, 1.54) is 5.56 Å². The van der Waals surface area contributed by atoms with Crippen LogP contribution in [-0.4, -0.2) is 47.0 Å². The average Bonchev–Trinajstić information content (AvgIpc) is 2.92. The predicted molar refractivity (Wildman–Crippen MR) is 135 cm³/mol. The summed E-state index contributed by atoms with van der Waals surface area (Å²) in [6.07, 6.45) is 8.17. The van der Waals surface area contributed by atoms with Crippen molar-refractivity contribution in [3.05, 3.63) is 47.8 Å². The number of rotatable bonds is 5. The van der Waals surface area contributed by atoms with Crippen molar-refractivity contribution < 1.29 is 8.78 Å². The predicted octanol–water partition coefficient (Wildman–Crippen LogP) is 5.72. The standard InChI is InChI=1S/C25H32F2N4S/c1-18(29-20-10-13-28-23(17-20)32(2,3)4)21-16-19-8-5-6-9-22(19)30-24(21)31-14-7-11-25(26,27)12-15-31/h10,13,16-17H,1-3,5-9,11-12,14-15H2,4H3,(H,28,29). The van der Waals surface area contributed by atoms with Crippen LogP contribution in [0.5, 0.6) is 0 Å². The molecule has 7 heteroatoms. The summed E-state index contributed by atoms with van der Waals surface area (Å²) < 4.78 is 28.0. The molecule has 0 radical (unpaired) electrons. The Kier molecular flexibility index (Phi) is 6.30. The Hall–Kier alpha value is -2.41. The molecule has 4 rings (SSSR count). The topological polar surface area (TPSA) is 41.1 Å². The van der Waals surface area contributed by atoms with Gasteiger partial charge in [-0.2, -0.15) is 9.21 Å². The molecule has 1 saturated heterocycles. The molecular weight excluding hydrogens is 426 g/mol. The maximum absolute atomic E-state index is 14.0. The van der Waals surface area contributed by atoms with Crippen LogP contribution in [0.25, 0.3) is 5.70 Å². The largest absolute Gasteiger partial charge is 0.356 e. The van der Waals surface area contributed by atoms with Crippen molar-refractivity contribution in [1.82, 2.24) is 9.97 Å². The second-order valence-electron chi connectivity index (χ2n) is 9.13. The number of nitrogens with one attached hydrogen (secondary N) is 1. The van der Waals surface area contributed by atoms with Crippen LogP contribution in [0.4, 0.5) is 20.3 Å². The summed E-state index contributed by atoms with van der Waals surface area (Å²) in [7, 11) is -1.45. The molecule has 0 saturated carbocycles. The molecule has 2 aromatic heterocycles. The third-order valence-electron chi connectivity index (χ3n) is 6.16. The number of fused-ring (bicyclic) bond motifs is 1. The number of aryl methyl sites for hydroxylation is 2. The lowest BCUT2D eigenvalue weighted by atomic mass is 9.94. The minimum Gasteiger partial charge on any atom is -0.356 e. The molecule has 32 heavy (non-hydrogen) atoms. The van der Waals surface area contributed by atoms with E-state index in [0.29, 0.717) is 25.2 Å². The molecule has 1 fully saturated rings. The Morgan fingerprint density at radius 1 is 1.12 bits per heavy atom. The van der Waals surface area contributed by atoms with Gasteiger partial charge in [0.05, 0.1) is 5.03 Å². The number of hydrogen-bond donors (Lipinski definition) is 1. The van der Waals surface area contributed by atoms with E-state index in [1.54, 1.807) is 6.20 Å². The lowest BCUT2D eigenvalue weighted by Crippen LogP contribution is -2.28. The molecule has 4 nitrogen and oxygen atoms in total. The molecule has 1 aliphatic carbocycles. The van der Waals surface area contributed by atoms with E-state index in [2.05, 4.69) is 34.7 Å². The Bertz CT molecular complexity index is 1120. The first kappa shape index (κ1) is 22.8. The summed E-state index contributed by atoms with van der Waals surface area (Å²) in [5.41, 5.74) is 4.78. The molecule has 172 valence electrons. The second kappa shape index (κ2) is 8.85. The molecule has 0 aromatic carbocycles. The van der Waals surface area contributed by atoms with Gasteiger partial charge in [0.15, 0.2) is 0 Å². The zero-order valence-corrected chi connectivity index (χ0v) is 19.6. The molecule has 1 aliphatic heterocycles. The van der Waals surface area contributed by atoms with Gasteiger partial charge >= 0.3 is 0 Å². The molecule has 1 N–H and O–H groups in total. The van der Waals surface area contributed by atoms with Crippen LogP contribution in [0.3, 0.4) is 0 Å². The first-order valence-electron chi connectivity index (χ1n) is 11.1. The normalized spacial score (nSPS) is 18.5. The van der Waals surface area contributed by atoms with Gasteiger partial charge in [-0.15, -0.1) is 0 Å². The van der Waals surface area contributed by atoms with E-state index in [1.807, 2.05) is 23.3 Å². The summed E-state index contributed by atoms with van der Waals surface area (Å²) >= 11 is 0. The van der Waals surface area contributed by atoms with Gasteiger partial charge in [0.1, 0.15) is 5.82 Å². The van der Waals surface area contributed by atoms with Crippen LogP contribution in [0.1, 0.15) is 48.9 Å². The highest BCUT2D eigenvalue weighted by Gasteiger charge is 2.33. The third-order valence-corrected chi connectivity index (χ3v) is 7.39. The van der Waals surface area contributed by atoms with Crippen molar-refractivity contribution in [1.29, 1.82) is 0 Å². The highest BCUT2D eigenvalue weighted by Crippen LogP contribution is 2.35. The Labute approximate surface area is 190 Å². The van der Waals surface area contributed by atoms with Gasteiger partial charge in [0, 0.05) is 54.8 Å². The zero-order valence-electron chi connectivity index (χ0n) is 18.8.